The predicted octanol–water partition coefficient (Wildman–Crippen LogP) is 1.85. The van der Waals surface area contributed by atoms with Crippen LogP contribution in [0.1, 0.15) is 28.6 Å². The molecule has 0 spiro atoms. The number of carbonyl (C=O) groups excluding carboxylic acids is 1. The highest BCUT2D eigenvalue weighted by atomic mass is 32.1. The van der Waals surface area contributed by atoms with E-state index in [1.165, 1.54) is 11.3 Å². The molecule has 1 amide bonds. The maximum atomic E-state index is 12.5. The van der Waals surface area contributed by atoms with Crippen molar-refractivity contribution in [2.75, 3.05) is 0 Å². The van der Waals surface area contributed by atoms with Gasteiger partial charge in [0.05, 0.1) is 5.69 Å². The van der Waals surface area contributed by atoms with E-state index in [9.17, 15) is 4.79 Å². The van der Waals surface area contributed by atoms with Crippen LogP contribution in [-0.2, 0) is 13.0 Å². The molecule has 4 rings (SSSR count). The molecule has 0 aliphatic carbocycles. The summed E-state index contributed by atoms with van der Waals surface area (Å²) in [5.74, 6) is 1.73. The van der Waals surface area contributed by atoms with E-state index in [4.69, 9.17) is 0 Å². The van der Waals surface area contributed by atoms with Crippen LogP contribution in [0.4, 0.5) is 0 Å². The van der Waals surface area contributed by atoms with Crippen molar-refractivity contribution in [3.63, 3.8) is 0 Å². The number of hydrogen-bond acceptors (Lipinski definition) is 6. The largest absolute Gasteiger partial charge is 0.346 e. The Bertz CT molecular complexity index is 872. The van der Waals surface area contributed by atoms with Crippen molar-refractivity contribution in [3.8, 4) is 10.7 Å². The summed E-state index contributed by atoms with van der Waals surface area (Å²) < 4.78 is 2.06. The van der Waals surface area contributed by atoms with E-state index < -0.39 is 0 Å². The van der Waals surface area contributed by atoms with Crippen molar-refractivity contribution in [3.05, 3.63) is 47.1 Å². The second-order valence-electron chi connectivity index (χ2n) is 5.74. The lowest BCUT2D eigenvalue weighted by Crippen LogP contribution is -2.41. The van der Waals surface area contributed by atoms with Gasteiger partial charge in [0.2, 0.25) is 0 Å². The molecule has 7 nitrogen and oxygen atoms in total. The number of aryl methyl sites for hydroxylation is 2. The molecular formula is C16H16N6OS. The summed E-state index contributed by atoms with van der Waals surface area (Å²) in [4.78, 5) is 21.1. The molecule has 122 valence electrons. The fourth-order valence-corrected chi connectivity index (χ4v) is 3.60. The molecule has 0 bridgehead atoms. The van der Waals surface area contributed by atoms with Crippen LogP contribution in [0, 0.1) is 6.92 Å². The van der Waals surface area contributed by atoms with Crippen LogP contribution < -0.4 is 5.32 Å². The van der Waals surface area contributed by atoms with Crippen LogP contribution in [0.3, 0.4) is 0 Å². The Morgan fingerprint density at radius 1 is 1.38 bits per heavy atom. The van der Waals surface area contributed by atoms with Gasteiger partial charge in [-0.3, -0.25) is 9.78 Å². The van der Waals surface area contributed by atoms with E-state index >= 15 is 0 Å². The highest BCUT2D eigenvalue weighted by Crippen LogP contribution is 2.22. The van der Waals surface area contributed by atoms with Crippen molar-refractivity contribution >= 4 is 17.2 Å². The highest BCUT2D eigenvalue weighted by molar-refractivity contribution is 7.13. The summed E-state index contributed by atoms with van der Waals surface area (Å²) in [5, 5.41) is 13.8. The molecule has 0 saturated heterocycles. The Hall–Kier alpha value is -2.61. The summed E-state index contributed by atoms with van der Waals surface area (Å²) in [6.07, 6.45) is 3.40. The minimum absolute atomic E-state index is 0.0692. The molecule has 1 aliphatic rings. The fourth-order valence-electron chi connectivity index (χ4n) is 2.82. The lowest BCUT2D eigenvalue weighted by atomic mass is 10.1. The van der Waals surface area contributed by atoms with Crippen molar-refractivity contribution in [2.24, 2.45) is 0 Å². The third kappa shape index (κ3) is 2.80. The van der Waals surface area contributed by atoms with Gasteiger partial charge in [0.1, 0.15) is 22.4 Å². The second-order valence-corrected chi connectivity index (χ2v) is 6.59. The van der Waals surface area contributed by atoms with Crippen LogP contribution in [0.2, 0.25) is 0 Å². The maximum absolute atomic E-state index is 12.5. The van der Waals surface area contributed by atoms with Gasteiger partial charge in [-0.05, 0) is 25.5 Å². The van der Waals surface area contributed by atoms with E-state index in [1.54, 1.807) is 11.6 Å². The number of nitrogens with one attached hydrogen (secondary N) is 1. The van der Waals surface area contributed by atoms with Crippen LogP contribution >= 0.6 is 11.3 Å². The van der Waals surface area contributed by atoms with Gasteiger partial charge in [0.15, 0.2) is 0 Å². The van der Waals surface area contributed by atoms with Gasteiger partial charge in [-0.1, -0.05) is 6.07 Å². The average molecular weight is 340 g/mol. The summed E-state index contributed by atoms with van der Waals surface area (Å²) in [7, 11) is 0. The second kappa shape index (κ2) is 6.12. The zero-order chi connectivity index (χ0) is 16.5. The predicted molar refractivity (Wildman–Crippen MR) is 89.7 cm³/mol. The number of fused-ring (bicyclic) bond motifs is 1. The minimum atomic E-state index is -0.146. The molecule has 1 unspecified atom stereocenters. The molecule has 1 aliphatic heterocycles. The number of aromatic nitrogens is 5. The zero-order valence-corrected chi connectivity index (χ0v) is 14.0. The first kappa shape index (κ1) is 14.9. The summed E-state index contributed by atoms with van der Waals surface area (Å²) in [6, 6.07) is 5.72. The van der Waals surface area contributed by atoms with E-state index in [0.717, 1.165) is 35.2 Å². The van der Waals surface area contributed by atoms with Crippen LogP contribution in [0.15, 0.2) is 29.8 Å². The standard InChI is InChI=1S/C16H16N6OS/c1-10-20-21-14-6-5-11(8-22(10)14)18-15(23)13-9-24-16(19-13)12-4-2-3-7-17-12/h2-4,7,9,11H,5-6,8H2,1H3,(H,18,23). The molecule has 24 heavy (non-hydrogen) atoms. The van der Waals surface area contributed by atoms with Gasteiger partial charge in [-0.2, -0.15) is 0 Å². The van der Waals surface area contributed by atoms with Gasteiger partial charge in [0, 0.05) is 30.6 Å². The number of pyridine rings is 1. The Kier molecular flexibility index (Phi) is 3.81. The van der Waals surface area contributed by atoms with Crippen molar-refractivity contribution in [2.45, 2.75) is 32.4 Å². The molecular weight excluding hydrogens is 324 g/mol. The third-order valence-electron chi connectivity index (χ3n) is 4.09. The summed E-state index contributed by atoms with van der Waals surface area (Å²) in [6.45, 7) is 2.64. The SMILES string of the molecule is Cc1nnc2n1CC(NC(=O)c1csc(-c3ccccn3)n1)CC2. The quantitative estimate of drug-likeness (QED) is 0.786. The van der Waals surface area contributed by atoms with Crippen molar-refractivity contribution in [1.29, 1.82) is 0 Å². The first-order valence-electron chi connectivity index (χ1n) is 7.77. The molecule has 0 saturated carbocycles. The van der Waals surface area contributed by atoms with Gasteiger partial charge < -0.3 is 9.88 Å². The number of carbonyl (C=O) groups is 1. The molecule has 0 aromatic carbocycles. The molecule has 1 atom stereocenters. The number of thiazole rings is 1. The summed E-state index contributed by atoms with van der Waals surface area (Å²) in [5.41, 5.74) is 1.22. The Balaban J connectivity index is 1.46. The topological polar surface area (TPSA) is 85.6 Å². The zero-order valence-electron chi connectivity index (χ0n) is 13.1. The van der Waals surface area contributed by atoms with Gasteiger partial charge in [-0.15, -0.1) is 21.5 Å². The molecule has 0 radical (unpaired) electrons. The Morgan fingerprint density at radius 3 is 3.12 bits per heavy atom. The number of hydrogen-bond donors (Lipinski definition) is 1. The lowest BCUT2D eigenvalue weighted by Gasteiger charge is -2.24. The number of nitrogens with zero attached hydrogens (tertiary/aromatic N) is 5. The normalized spacial score (nSPS) is 16.6. The highest BCUT2D eigenvalue weighted by Gasteiger charge is 2.24. The first-order chi connectivity index (χ1) is 11.7. The first-order valence-corrected chi connectivity index (χ1v) is 8.65. The van der Waals surface area contributed by atoms with Gasteiger partial charge in [0.25, 0.3) is 5.91 Å². The third-order valence-corrected chi connectivity index (χ3v) is 4.95. The molecule has 8 heteroatoms. The molecule has 3 aromatic heterocycles. The lowest BCUT2D eigenvalue weighted by molar-refractivity contribution is 0.0923. The van der Waals surface area contributed by atoms with Crippen LogP contribution in [-0.4, -0.2) is 36.7 Å². The Morgan fingerprint density at radius 2 is 2.29 bits per heavy atom. The average Bonchev–Trinajstić information content (AvgIpc) is 3.24. The van der Waals surface area contributed by atoms with Crippen LogP contribution in [0.5, 0.6) is 0 Å². The number of amides is 1. The van der Waals surface area contributed by atoms with E-state index in [-0.39, 0.29) is 11.9 Å². The summed E-state index contributed by atoms with van der Waals surface area (Å²) >= 11 is 1.43. The molecule has 3 aromatic rings. The smallest absolute Gasteiger partial charge is 0.271 e. The van der Waals surface area contributed by atoms with Gasteiger partial charge >= 0.3 is 0 Å². The molecule has 4 heterocycles. The fraction of sp³-hybridized carbons (Fsp3) is 0.312. The van der Waals surface area contributed by atoms with Crippen molar-refractivity contribution < 1.29 is 4.79 Å². The minimum Gasteiger partial charge on any atom is -0.346 e. The van der Waals surface area contributed by atoms with E-state index in [2.05, 4.69) is 30.0 Å². The van der Waals surface area contributed by atoms with Gasteiger partial charge in [-0.25, -0.2) is 4.98 Å². The number of rotatable bonds is 3. The molecule has 1 N–H and O–H groups in total. The maximum Gasteiger partial charge on any atom is 0.271 e. The molecule has 0 fully saturated rings. The van der Waals surface area contributed by atoms with E-state index in [1.807, 2.05) is 25.1 Å². The Labute approximate surface area is 142 Å². The van der Waals surface area contributed by atoms with Crippen molar-refractivity contribution in [1.82, 2.24) is 30.0 Å². The monoisotopic (exact) mass is 340 g/mol. The van der Waals surface area contributed by atoms with E-state index in [0.29, 0.717) is 12.2 Å². The van der Waals surface area contributed by atoms with Crippen LogP contribution in [0.25, 0.3) is 10.7 Å².